The molecule has 2 aromatic heterocycles. The van der Waals surface area contributed by atoms with Gasteiger partial charge < -0.3 is 15.4 Å². The number of carbonyl (C=O) groups is 1. The first-order valence-corrected chi connectivity index (χ1v) is 11.2. The first-order chi connectivity index (χ1) is 16.6. The number of hydrogen-bond donors (Lipinski definition) is 2. The van der Waals surface area contributed by atoms with Crippen molar-refractivity contribution in [2.45, 2.75) is 38.4 Å². The zero-order valence-corrected chi connectivity index (χ0v) is 19.2. The van der Waals surface area contributed by atoms with Crippen LogP contribution in [-0.2, 0) is 11.3 Å². The van der Waals surface area contributed by atoms with Gasteiger partial charge in [0.2, 0.25) is 0 Å². The number of anilines is 3. The monoisotopic (exact) mass is 457 g/mol. The van der Waals surface area contributed by atoms with E-state index in [1.165, 1.54) is 31.3 Å². The van der Waals surface area contributed by atoms with E-state index in [1.54, 1.807) is 6.07 Å². The lowest BCUT2D eigenvalue weighted by molar-refractivity contribution is 0.0601. The Morgan fingerprint density at radius 3 is 2.65 bits per heavy atom. The van der Waals surface area contributed by atoms with Crippen molar-refractivity contribution in [3.8, 4) is 6.07 Å². The molecule has 1 aliphatic heterocycles. The molecule has 174 valence electrons. The number of carbonyl (C=O) groups excluding carboxylic acids is 1. The molecule has 0 saturated carbocycles. The maximum Gasteiger partial charge on any atom is 0.341 e. The number of rotatable bonds is 7. The van der Waals surface area contributed by atoms with Crippen molar-refractivity contribution < 1.29 is 9.53 Å². The fourth-order valence-electron chi connectivity index (χ4n) is 4.12. The van der Waals surface area contributed by atoms with Gasteiger partial charge in [0.15, 0.2) is 5.69 Å². The van der Waals surface area contributed by atoms with Crippen LogP contribution in [-0.4, -0.2) is 51.6 Å². The Labute approximate surface area is 198 Å². The molecular formula is C25H27N7O2. The van der Waals surface area contributed by atoms with Gasteiger partial charge in [-0.15, -0.1) is 0 Å². The molecule has 9 heteroatoms. The fourth-order valence-corrected chi connectivity index (χ4v) is 4.12. The van der Waals surface area contributed by atoms with Crippen LogP contribution in [0.3, 0.4) is 0 Å². The van der Waals surface area contributed by atoms with Crippen molar-refractivity contribution in [2.75, 3.05) is 24.3 Å². The Balaban J connectivity index is 1.46. The molecule has 1 fully saturated rings. The smallest absolute Gasteiger partial charge is 0.341 e. The molecular weight excluding hydrogens is 430 g/mol. The summed E-state index contributed by atoms with van der Waals surface area (Å²) in [5.74, 6) is 0.504. The Morgan fingerprint density at radius 2 is 1.97 bits per heavy atom. The summed E-state index contributed by atoms with van der Waals surface area (Å²) in [5.41, 5.74) is 2.57. The number of pyridine rings is 1. The van der Waals surface area contributed by atoms with Crippen LogP contribution in [0.4, 0.5) is 17.3 Å². The van der Waals surface area contributed by atoms with E-state index in [0.29, 0.717) is 28.9 Å². The number of ether oxygens (including phenoxy) is 1. The zero-order valence-electron chi connectivity index (χ0n) is 19.2. The molecule has 2 atom stereocenters. The highest BCUT2D eigenvalue weighted by Gasteiger charge is 2.26. The quantitative estimate of drug-likeness (QED) is 0.512. The second kappa shape index (κ2) is 10.7. The van der Waals surface area contributed by atoms with Gasteiger partial charge in [-0.05, 0) is 25.3 Å². The summed E-state index contributed by atoms with van der Waals surface area (Å²) in [6.07, 6.45) is 6.23. The minimum atomic E-state index is -0.450. The Kier molecular flexibility index (Phi) is 7.30. The number of benzene rings is 1. The molecule has 0 spiro atoms. The van der Waals surface area contributed by atoms with Gasteiger partial charge >= 0.3 is 5.97 Å². The van der Waals surface area contributed by atoms with Crippen LogP contribution in [0.15, 0.2) is 55.0 Å². The van der Waals surface area contributed by atoms with Gasteiger partial charge in [0.05, 0.1) is 25.2 Å². The number of hydrogen-bond acceptors (Lipinski definition) is 9. The second-order valence-electron chi connectivity index (χ2n) is 8.30. The Bertz CT molecular complexity index is 1160. The van der Waals surface area contributed by atoms with Gasteiger partial charge in [0.25, 0.3) is 0 Å². The summed E-state index contributed by atoms with van der Waals surface area (Å²) in [7, 11) is 1.36. The van der Waals surface area contributed by atoms with Crippen molar-refractivity contribution in [2.24, 2.45) is 0 Å². The Morgan fingerprint density at radius 1 is 1.18 bits per heavy atom. The van der Waals surface area contributed by atoms with Gasteiger partial charge in [-0.25, -0.2) is 19.7 Å². The SMILES string of the molecule is COC(=O)c1cnc(Nc2cnc(C#N)cn2)cc1N[C@H]1CCN(Cc2ccccc2)C(C)C1. The molecule has 9 nitrogen and oxygen atoms in total. The van der Waals surface area contributed by atoms with Crippen LogP contribution in [0, 0.1) is 11.3 Å². The summed E-state index contributed by atoms with van der Waals surface area (Å²) in [6, 6.07) is 14.8. The maximum absolute atomic E-state index is 12.4. The van der Waals surface area contributed by atoms with Gasteiger partial charge in [0.1, 0.15) is 23.3 Å². The first kappa shape index (κ1) is 23.1. The van der Waals surface area contributed by atoms with E-state index < -0.39 is 5.97 Å². The van der Waals surface area contributed by atoms with Crippen LogP contribution in [0.2, 0.25) is 0 Å². The Hall–Kier alpha value is -4.03. The number of nitriles is 1. The summed E-state index contributed by atoms with van der Waals surface area (Å²) >= 11 is 0. The minimum absolute atomic E-state index is 0.204. The van der Waals surface area contributed by atoms with Crippen molar-refractivity contribution in [3.05, 3.63) is 71.8 Å². The van der Waals surface area contributed by atoms with E-state index in [2.05, 4.69) is 61.7 Å². The van der Waals surface area contributed by atoms with E-state index in [4.69, 9.17) is 10.00 Å². The van der Waals surface area contributed by atoms with Crippen LogP contribution in [0.1, 0.15) is 41.4 Å². The number of aromatic nitrogens is 3. The van der Waals surface area contributed by atoms with E-state index in [1.807, 2.05) is 12.1 Å². The zero-order chi connectivity index (χ0) is 23.9. The van der Waals surface area contributed by atoms with Crippen LogP contribution >= 0.6 is 0 Å². The summed E-state index contributed by atoms with van der Waals surface area (Å²) in [4.78, 5) is 27.3. The lowest BCUT2D eigenvalue weighted by Crippen LogP contribution is -2.44. The molecule has 1 unspecified atom stereocenters. The molecule has 3 heterocycles. The average molecular weight is 458 g/mol. The molecule has 3 aromatic rings. The molecule has 0 radical (unpaired) electrons. The number of nitrogens with one attached hydrogen (secondary N) is 2. The standard InChI is InChI=1S/C25H27N7O2/c1-17-10-19(8-9-32(17)16-18-6-4-3-5-7-18)30-22-11-23(29-14-21(22)25(33)34-2)31-24-15-27-20(12-26)13-28-24/h3-7,11,13-15,17,19H,8-10,16H2,1-2H3,(H2,28,29,30,31)/t17?,19-/m0/s1. The van der Waals surface area contributed by atoms with Crippen molar-refractivity contribution in [1.29, 1.82) is 5.26 Å². The third-order valence-corrected chi connectivity index (χ3v) is 5.93. The molecule has 0 aliphatic carbocycles. The largest absolute Gasteiger partial charge is 0.465 e. The van der Waals surface area contributed by atoms with Crippen LogP contribution < -0.4 is 10.6 Å². The highest BCUT2D eigenvalue weighted by atomic mass is 16.5. The van der Waals surface area contributed by atoms with Gasteiger partial charge in [-0.3, -0.25) is 4.90 Å². The molecule has 1 aromatic carbocycles. The van der Waals surface area contributed by atoms with Gasteiger partial charge in [-0.1, -0.05) is 30.3 Å². The number of nitrogens with zero attached hydrogens (tertiary/aromatic N) is 5. The van der Waals surface area contributed by atoms with Crippen LogP contribution in [0.5, 0.6) is 0 Å². The third kappa shape index (κ3) is 5.66. The lowest BCUT2D eigenvalue weighted by atomic mass is 9.97. The van der Waals surface area contributed by atoms with Crippen molar-refractivity contribution in [3.63, 3.8) is 0 Å². The normalized spacial score (nSPS) is 18.0. The number of methoxy groups -OCH3 is 1. The van der Waals surface area contributed by atoms with Gasteiger partial charge in [0, 0.05) is 37.4 Å². The molecule has 34 heavy (non-hydrogen) atoms. The lowest BCUT2D eigenvalue weighted by Gasteiger charge is -2.38. The van der Waals surface area contributed by atoms with Crippen LogP contribution in [0.25, 0.3) is 0 Å². The molecule has 0 bridgehead atoms. The highest BCUT2D eigenvalue weighted by molar-refractivity contribution is 5.96. The fraction of sp³-hybridized carbons (Fsp3) is 0.320. The summed E-state index contributed by atoms with van der Waals surface area (Å²) in [6.45, 7) is 4.12. The summed E-state index contributed by atoms with van der Waals surface area (Å²) in [5, 5.41) is 15.5. The van der Waals surface area contributed by atoms with Crippen molar-refractivity contribution in [1.82, 2.24) is 19.9 Å². The number of likely N-dealkylation sites (tertiary alicyclic amines) is 1. The topological polar surface area (TPSA) is 116 Å². The highest BCUT2D eigenvalue weighted by Crippen LogP contribution is 2.27. The van der Waals surface area contributed by atoms with Gasteiger partial charge in [-0.2, -0.15) is 5.26 Å². The van der Waals surface area contributed by atoms with Crippen molar-refractivity contribution >= 4 is 23.3 Å². The van der Waals surface area contributed by atoms with E-state index in [9.17, 15) is 4.79 Å². The predicted octanol–water partition coefficient (Wildman–Crippen LogP) is 3.74. The third-order valence-electron chi connectivity index (χ3n) is 5.93. The van der Waals surface area contributed by atoms with E-state index >= 15 is 0 Å². The molecule has 1 saturated heterocycles. The molecule has 4 rings (SSSR count). The number of piperidine rings is 1. The summed E-state index contributed by atoms with van der Waals surface area (Å²) < 4.78 is 4.95. The maximum atomic E-state index is 12.4. The first-order valence-electron chi connectivity index (χ1n) is 11.2. The predicted molar refractivity (Wildman–Crippen MR) is 129 cm³/mol. The molecule has 0 amide bonds. The van der Waals surface area contributed by atoms with E-state index in [-0.39, 0.29) is 11.7 Å². The average Bonchev–Trinajstić information content (AvgIpc) is 2.86. The number of esters is 1. The van der Waals surface area contributed by atoms with E-state index in [0.717, 1.165) is 25.9 Å². The molecule has 2 N–H and O–H groups in total. The second-order valence-corrected chi connectivity index (χ2v) is 8.30. The molecule has 1 aliphatic rings. The minimum Gasteiger partial charge on any atom is -0.465 e.